The molecule has 0 aromatic rings. The number of aliphatic hydroxyl groups excluding tert-OH is 1. The molecule has 74 heavy (non-hydrogen) atoms. The Morgan fingerprint density at radius 1 is 0.446 bits per heavy atom. The molecule has 0 fully saturated rings. The number of allylic oxidation sites excluding steroid dienone is 5. The number of amides is 1. The van der Waals surface area contributed by atoms with Gasteiger partial charge < -0.3 is 19.8 Å². The van der Waals surface area contributed by atoms with Crippen molar-refractivity contribution in [2.45, 2.75) is 334 Å². The predicted octanol–water partition coefficient (Wildman–Crippen LogP) is 20.1. The van der Waals surface area contributed by atoms with E-state index in [-0.39, 0.29) is 19.1 Å². The molecule has 0 aromatic heterocycles. The molecule has 0 bridgehead atoms. The van der Waals surface area contributed by atoms with Crippen LogP contribution in [0, 0.1) is 0 Å². The smallest absolute Gasteiger partial charge is 0.387 e. The van der Waals surface area contributed by atoms with Gasteiger partial charge in [0.25, 0.3) is 0 Å². The molecule has 0 saturated heterocycles. The molecule has 0 radical (unpaired) electrons. The van der Waals surface area contributed by atoms with Crippen molar-refractivity contribution in [1.29, 1.82) is 0 Å². The van der Waals surface area contributed by atoms with Gasteiger partial charge >= 0.3 is 7.82 Å². The Balaban J connectivity index is 4.08. The van der Waals surface area contributed by atoms with Crippen LogP contribution in [0.25, 0.3) is 0 Å². The number of hydrogen-bond acceptors (Lipinski definition) is 5. The van der Waals surface area contributed by atoms with Crippen LogP contribution in [0.4, 0.5) is 0 Å². The number of nitrogens with one attached hydrogen (secondary N) is 1. The Morgan fingerprint density at radius 2 is 0.743 bits per heavy atom. The lowest BCUT2D eigenvalue weighted by Gasteiger charge is -2.25. The molecule has 3 unspecified atom stereocenters. The van der Waals surface area contributed by atoms with Gasteiger partial charge in [0, 0.05) is 6.42 Å². The summed E-state index contributed by atoms with van der Waals surface area (Å²) in [7, 11) is 1.56. The molecule has 8 nitrogen and oxygen atoms in total. The third-order valence-electron chi connectivity index (χ3n) is 14.8. The number of rotatable bonds is 60. The predicted molar refractivity (Wildman–Crippen MR) is 323 cm³/mol. The summed E-state index contributed by atoms with van der Waals surface area (Å²) < 4.78 is 23.7. The number of likely N-dealkylation sites (N-methyl/N-ethyl adjacent to an activating group) is 1. The Kier molecular flexibility index (Phi) is 55.5. The highest BCUT2D eigenvalue weighted by Crippen LogP contribution is 2.43. The van der Waals surface area contributed by atoms with Gasteiger partial charge in [0.15, 0.2) is 0 Å². The first-order valence-electron chi connectivity index (χ1n) is 32.4. The van der Waals surface area contributed by atoms with Crippen LogP contribution in [0.5, 0.6) is 0 Å². The van der Waals surface area contributed by atoms with Crippen molar-refractivity contribution < 1.29 is 32.9 Å². The second-order valence-electron chi connectivity index (χ2n) is 23.5. The first kappa shape index (κ1) is 72.7. The van der Waals surface area contributed by atoms with Crippen LogP contribution < -0.4 is 5.32 Å². The summed E-state index contributed by atoms with van der Waals surface area (Å²) in [6.45, 7) is 4.83. The molecular weight excluding hydrogens is 936 g/mol. The number of unbranched alkanes of at least 4 members (excludes halogenated alkanes) is 43. The maximum atomic E-state index is 13.0. The van der Waals surface area contributed by atoms with Crippen LogP contribution in [0.15, 0.2) is 36.5 Å². The third kappa shape index (κ3) is 58.4. The number of hydrogen-bond donors (Lipinski definition) is 3. The zero-order valence-corrected chi connectivity index (χ0v) is 51.0. The van der Waals surface area contributed by atoms with Gasteiger partial charge in [-0.2, -0.15) is 0 Å². The van der Waals surface area contributed by atoms with E-state index >= 15 is 0 Å². The van der Waals surface area contributed by atoms with E-state index in [0.29, 0.717) is 17.4 Å². The molecule has 0 aliphatic rings. The second kappa shape index (κ2) is 56.4. The minimum absolute atomic E-state index is 0.0552. The zero-order chi connectivity index (χ0) is 54.2. The number of carbonyl (C=O) groups excluding carboxylic acids is 1. The standard InChI is InChI=1S/C65H127N2O6P/c1-6-8-10-12-14-16-18-20-22-24-26-28-29-30-31-32-33-34-35-36-37-38-39-41-43-45-47-49-51-53-55-57-59-65(69)66-63(62-73-74(70,71)72-61-60-67(3,4)5)64(68)58-56-54-52-50-48-46-44-42-40-27-25-23-21-19-17-15-13-11-9-7-2/h40,42,48,50,56,58,63-64,68H,6-39,41,43-47,49,51-55,57,59-62H2,1-5H3,(H-,66,69,70,71)/p+1/b42-40+,50-48+,58-56+. The fourth-order valence-electron chi connectivity index (χ4n) is 9.78. The average molecular weight is 1060 g/mol. The van der Waals surface area contributed by atoms with Crippen LogP contribution in [0.2, 0.25) is 0 Å². The molecule has 0 aliphatic heterocycles. The van der Waals surface area contributed by atoms with Crippen molar-refractivity contribution in [3.63, 3.8) is 0 Å². The summed E-state index contributed by atoms with van der Waals surface area (Å²) in [5.74, 6) is -0.184. The van der Waals surface area contributed by atoms with E-state index in [4.69, 9.17) is 9.05 Å². The molecule has 1 amide bonds. The highest BCUT2D eigenvalue weighted by molar-refractivity contribution is 7.47. The van der Waals surface area contributed by atoms with Crippen LogP contribution in [-0.4, -0.2) is 73.4 Å². The molecular formula is C65H128N2O6P+. The fraction of sp³-hybridized carbons (Fsp3) is 0.892. The largest absolute Gasteiger partial charge is 0.472 e. The fourth-order valence-corrected chi connectivity index (χ4v) is 10.5. The monoisotopic (exact) mass is 1060 g/mol. The van der Waals surface area contributed by atoms with Crippen LogP contribution in [0.1, 0.15) is 322 Å². The van der Waals surface area contributed by atoms with Gasteiger partial charge in [-0.05, 0) is 44.9 Å². The SMILES string of the molecule is CCCCCCCCCCCC/C=C/CC/C=C/CC/C=C/C(O)C(COP(=O)(O)OCC[N+](C)(C)C)NC(=O)CCCCCCCCCCCCCCCCCCCCCCCCCCCCCCCCCC. The molecule has 9 heteroatoms. The van der Waals surface area contributed by atoms with Gasteiger partial charge in [0.1, 0.15) is 13.2 Å². The maximum Gasteiger partial charge on any atom is 0.472 e. The van der Waals surface area contributed by atoms with Crippen molar-refractivity contribution in [3.8, 4) is 0 Å². The molecule has 438 valence electrons. The lowest BCUT2D eigenvalue weighted by Crippen LogP contribution is -2.45. The second-order valence-corrected chi connectivity index (χ2v) is 24.9. The average Bonchev–Trinajstić information content (AvgIpc) is 3.36. The zero-order valence-electron chi connectivity index (χ0n) is 50.1. The molecule has 0 rings (SSSR count). The topological polar surface area (TPSA) is 105 Å². The van der Waals surface area contributed by atoms with Gasteiger partial charge in [-0.1, -0.05) is 307 Å². The number of carbonyl (C=O) groups is 1. The quantitative estimate of drug-likeness (QED) is 0.0243. The molecule has 3 atom stereocenters. The summed E-state index contributed by atoms with van der Waals surface area (Å²) in [6.07, 6.45) is 74.3. The molecule has 0 aliphatic carbocycles. The number of aliphatic hydroxyl groups is 1. The maximum absolute atomic E-state index is 13.0. The normalized spacial score (nSPS) is 14.0. The Bertz CT molecular complexity index is 1300. The Hall–Kier alpha value is -1.28. The van der Waals surface area contributed by atoms with E-state index in [2.05, 4.69) is 43.5 Å². The third-order valence-corrected chi connectivity index (χ3v) is 15.8. The van der Waals surface area contributed by atoms with Gasteiger partial charge in [-0.3, -0.25) is 13.8 Å². The molecule has 0 heterocycles. The van der Waals surface area contributed by atoms with E-state index in [1.165, 1.54) is 257 Å². The minimum atomic E-state index is -4.36. The summed E-state index contributed by atoms with van der Waals surface area (Å²) >= 11 is 0. The van der Waals surface area contributed by atoms with Crippen molar-refractivity contribution in [2.24, 2.45) is 0 Å². The summed E-state index contributed by atoms with van der Waals surface area (Å²) in [6, 6.07) is -0.868. The van der Waals surface area contributed by atoms with Crippen molar-refractivity contribution in [2.75, 3.05) is 40.9 Å². The van der Waals surface area contributed by atoms with E-state index in [1.807, 2.05) is 27.2 Å². The van der Waals surface area contributed by atoms with Crippen molar-refractivity contribution in [3.05, 3.63) is 36.5 Å². The molecule has 0 spiro atoms. The van der Waals surface area contributed by atoms with E-state index in [0.717, 1.165) is 44.9 Å². The highest BCUT2D eigenvalue weighted by atomic mass is 31.2. The van der Waals surface area contributed by atoms with Gasteiger partial charge in [0.05, 0.1) is 39.9 Å². The van der Waals surface area contributed by atoms with Crippen molar-refractivity contribution in [1.82, 2.24) is 5.32 Å². The number of phosphoric acid groups is 1. The first-order chi connectivity index (χ1) is 36.0. The van der Waals surface area contributed by atoms with Crippen LogP contribution >= 0.6 is 7.82 Å². The lowest BCUT2D eigenvalue weighted by atomic mass is 10.0. The van der Waals surface area contributed by atoms with Gasteiger partial charge in [-0.25, -0.2) is 4.57 Å². The van der Waals surface area contributed by atoms with Crippen molar-refractivity contribution >= 4 is 13.7 Å². The lowest BCUT2D eigenvalue weighted by molar-refractivity contribution is -0.870. The molecule has 0 saturated carbocycles. The van der Waals surface area contributed by atoms with E-state index in [1.54, 1.807) is 6.08 Å². The Labute approximate surface area is 461 Å². The highest BCUT2D eigenvalue weighted by Gasteiger charge is 2.27. The van der Waals surface area contributed by atoms with Gasteiger partial charge in [0.2, 0.25) is 5.91 Å². The number of quaternary nitrogens is 1. The number of nitrogens with zero attached hydrogens (tertiary/aromatic N) is 1. The van der Waals surface area contributed by atoms with Crippen LogP contribution in [0.3, 0.4) is 0 Å². The summed E-state index contributed by atoms with van der Waals surface area (Å²) in [5, 5.41) is 13.9. The van der Waals surface area contributed by atoms with Gasteiger partial charge in [-0.15, -0.1) is 0 Å². The van der Waals surface area contributed by atoms with Crippen LogP contribution in [-0.2, 0) is 18.4 Å². The van der Waals surface area contributed by atoms with E-state index < -0.39 is 20.0 Å². The molecule has 3 N–H and O–H groups in total. The Morgan fingerprint density at radius 3 is 1.08 bits per heavy atom. The summed E-state index contributed by atoms with van der Waals surface area (Å²) in [4.78, 5) is 23.3. The summed E-state index contributed by atoms with van der Waals surface area (Å²) in [5.41, 5.74) is 0. The minimum Gasteiger partial charge on any atom is -0.387 e. The molecule has 0 aromatic carbocycles. The van der Waals surface area contributed by atoms with E-state index in [9.17, 15) is 19.4 Å². The number of phosphoric ester groups is 1. The first-order valence-corrected chi connectivity index (χ1v) is 33.9.